The quantitative estimate of drug-likeness (QED) is 0.0465. The fraction of sp³-hybridized carbons (Fsp3) is 0.286. The number of anilines is 4. The molecule has 3 heteroatoms. The molecule has 0 amide bonds. The minimum Gasteiger partial charge on any atom is -0.337 e. The zero-order valence-corrected chi connectivity index (χ0v) is 32.7. The maximum absolute atomic E-state index is 8.43. The van der Waals surface area contributed by atoms with Crippen LogP contribution in [0.1, 0.15) is 79.9 Å². The van der Waals surface area contributed by atoms with E-state index in [9.17, 15) is 0 Å². The molecule has 0 spiro atoms. The highest BCUT2D eigenvalue weighted by Crippen LogP contribution is 2.51. The predicted molar refractivity (Wildman–Crippen MR) is 230 cm³/mol. The molecule has 0 aliphatic carbocycles. The van der Waals surface area contributed by atoms with Crippen molar-refractivity contribution < 1.29 is 0 Å². The summed E-state index contributed by atoms with van der Waals surface area (Å²) in [4.78, 5) is 4.95. The van der Waals surface area contributed by atoms with E-state index in [2.05, 4.69) is 200 Å². The first-order valence-corrected chi connectivity index (χ1v) is 18.7. The molecule has 2 unspecified atom stereocenters. The van der Waals surface area contributed by atoms with E-state index in [4.69, 9.17) is 5.41 Å². The van der Waals surface area contributed by atoms with Crippen LogP contribution in [0.2, 0.25) is 0 Å². The highest BCUT2D eigenvalue weighted by Gasteiger charge is 2.31. The van der Waals surface area contributed by atoms with Gasteiger partial charge in [-0.15, -0.1) is 0 Å². The topological polar surface area (TPSA) is 30.3 Å². The van der Waals surface area contributed by atoms with Gasteiger partial charge in [-0.1, -0.05) is 146 Å². The lowest BCUT2D eigenvalue weighted by atomic mass is 9.82. The molecule has 0 radical (unpaired) electrons. The number of nitrogens with one attached hydrogen (secondary N) is 1. The second kappa shape index (κ2) is 16.0. The largest absolute Gasteiger partial charge is 0.337 e. The molecule has 0 saturated carbocycles. The molecule has 3 nitrogen and oxygen atoms in total. The summed E-state index contributed by atoms with van der Waals surface area (Å²) in [5.74, 6) is 0.160. The Labute approximate surface area is 313 Å². The Morgan fingerprint density at radius 2 is 1.21 bits per heavy atom. The summed E-state index contributed by atoms with van der Waals surface area (Å²) in [6.45, 7) is 24.2. The van der Waals surface area contributed by atoms with E-state index in [1.807, 2.05) is 12.2 Å². The van der Waals surface area contributed by atoms with Gasteiger partial charge >= 0.3 is 0 Å². The Bertz CT molecular complexity index is 2060. The minimum atomic E-state index is -0.0706. The molecule has 0 aliphatic rings. The van der Waals surface area contributed by atoms with Crippen molar-refractivity contribution in [1.82, 2.24) is 0 Å². The third-order valence-electron chi connectivity index (χ3n) is 10.1. The molecule has 268 valence electrons. The third-order valence-corrected chi connectivity index (χ3v) is 10.1. The molecule has 5 aromatic carbocycles. The lowest BCUT2D eigenvalue weighted by Crippen LogP contribution is -2.39. The van der Waals surface area contributed by atoms with Gasteiger partial charge in [-0.05, 0) is 90.4 Å². The van der Waals surface area contributed by atoms with E-state index >= 15 is 0 Å². The molecule has 0 heterocycles. The van der Waals surface area contributed by atoms with Gasteiger partial charge in [-0.3, -0.25) is 0 Å². The third kappa shape index (κ3) is 7.84. The maximum Gasteiger partial charge on any atom is 0.0620 e. The summed E-state index contributed by atoms with van der Waals surface area (Å²) in [5, 5.41) is 13.2. The average Bonchev–Trinajstić information content (AvgIpc) is 3.12. The van der Waals surface area contributed by atoms with Crippen LogP contribution in [0.25, 0.3) is 21.5 Å². The Morgan fingerprint density at radius 3 is 1.65 bits per heavy atom. The van der Waals surface area contributed by atoms with Crippen LogP contribution in [0, 0.1) is 11.3 Å². The number of nitrogens with zero attached hydrogens (tertiary/aromatic N) is 2. The molecule has 0 saturated heterocycles. The van der Waals surface area contributed by atoms with Crippen LogP contribution in [0.4, 0.5) is 22.7 Å². The minimum absolute atomic E-state index is 0.0217. The molecule has 5 aromatic rings. The van der Waals surface area contributed by atoms with Crippen molar-refractivity contribution >= 4 is 50.5 Å². The molecule has 52 heavy (non-hydrogen) atoms. The highest BCUT2D eigenvalue weighted by molar-refractivity contribution is 6.22. The molecular formula is C49H57N3. The first-order valence-electron chi connectivity index (χ1n) is 18.7. The molecule has 2 atom stereocenters. The first kappa shape index (κ1) is 38.1. The van der Waals surface area contributed by atoms with Gasteiger partial charge in [0, 0.05) is 51.1 Å². The highest BCUT2D eigenvalue weighted by atomic mass is 15.2. The van der Waals surface area contributed by atoms with Crippen molar-refractivity contribution in [1.29, 1.82) is 5.41 Å². The molecule has 5 rings (SSSR count). The van der Waals surface area contributed by atoms with Crippen molar-refractivity contribution in [3.05, 3.63) is 157 Å². The zero-order chi connectivity index (χ0) is 37.6. The lowest BCUT2D eigenvalue weighted by Gasteiger charge is -2.40. The fourth-order valence-corrected chi connectivity index (χ4v) is 7.25. The van der Waals surface area contributed by atoms with Gasteiger partial charge in [-0.2, -0.15) is 0 Å². The zero-order valence-electron chi connectivity index (χ0n) is 32.7. The Balaban J connectivity index is 2.11. The number of hydrogen-bond donors (Lipinski definition) is 1. The number of benzene rings is 5. The summed E-state index contributed by atoms with van der Waals surface area (Å²) >= 11 is 0. The Morgan fingerprint density at radius 1 is 0.712 bits per heavy atom. The van der Waals surface area contributed by atoms with Crippen molar-refractivity contribution in [2.75, 3.05) is 9.80 Å². The van der Waals surface area contributed by atoms with E-state index in [-0.39, 0.29) is 22.8 Å². The maximum atomic E-state index is 8.43. The molecule has 0 bridgehead atoms. The smallest absolute Gasteiger partial charge is 0.0620 e. The molecule has 1 N–H and O–H groups in total. The molecule has 0 aliphatic heterocycles. The van der Waals surface area contributed by atoms with Gasteiger partial charge in [0.2, 0.25) is 0 Å². The normalized spacial score (nSPS) is 13.9. The van der Waals surface area contributed by atoms with Crippen LogP contribution < -0.4 is 9.80 Å². The standard InChI is InChI=1S/C49H57N3/c1-11-14-22-38(13-3)52(45(31-32-50)35(4)21-12-2)47-42-30-28-36(48(5,6)7)33-43(42)46(41-29-27-37(34-44(41)47)49(8,9)10)51(39-23-17-15-18-24-39)40-25-19-16-20-26-40/h11-30,32-35,45,50H,1,31H2,2-10H3. The monoisotopic (exact) mass is 687 g/mol. The average molecular weight is 688 g/mol. The Hall–Kier alpha value is -5.15. The summed E-state index contributed by atoms with van der Waals surface area (Å²) in [5.41, 5.74) is 8.02. The van der Waals surface area contributed by atoms with Crippen molar-refractivity contribution in [2.45, 2.75) is 85.6 Å². The van der Waals surface area contributed by atoms with Crippen LogP contribution in [0.3, 0.4) is 0 Å². The summed E-state index contributed by atoms with van der Waals surface area (Å²) in [7, 11) is 0. The number of allylic oxidation sites excluding steroid dienone is 5. The SMILES string of the molecule is C=CC=CC(=CC)N(c1c2ccc(C(C)(C)C)cc2c(N(c2ccccc2)c2ccccc2)c2ccc(C(C)(C)C)cc12)C(CC=N)C(C)C=CC. The second-order valence-corrected chi connectivity index (χ2v) is 15.8. The summed E-state index contributed by atoms with van der Waals surface area (Å²) in [6.07, 6.45) is 14.8. The van der Waals surface area contributed by atoms with E-state index in [1.165, 1.54) is 32.7 Å². The first-order chi connectivity index (χ1) is 24.8. The molecular weight excluding hydrogens is 631 g/mol. The summed E-state index contributed by atoms with van der Waals surface area (Å²) in [6, 6.07) is 35.7. The van der Waals surface area contributed by atoms with E-state index in [1.54, 1.807) is 6.21 Å². The summed E-state index contributed by atoms with van der Waals surface area (Å²) < 4.78 is 0. The van der Waals surface area contributed by atoms with E-state index in [0.29, 0.717) is 6.42 Å². The number of hydrogen-bond acceptors (Lipinski definition) is 3. The van der Waals surface area contributed by atoms with Gasteiger partial charge < -0.3 is 15.2 Å². The van der Waals surface area contributed by atoms with E-state index in [0.717, 1.165) is 28.4 Å². The Kier molecular flexibility index (Phi) is 11.7. The van der Waals surface area contributed by atoms with Gasteiger partial charge in [0.05, 0.1) is 11.4 Å². The predicted octanol–water partition coefficient (Wildman–Crippen LogP) is 14.1. The van der Waals surface area contributed by atoms with Gasteiger partial charge in [-0.25, -0.2) is 0 Å². The van der Waals surface area contributed by atoms with Crippen molar-refractivity contribution in [2.24, 2.45) is 5.92 Å². The number of rotatable bonds is 12. The van der Waals surface area contributed by atoms with Crippen molar-refractivity contribution in [3.8, 4) is 0 Å². The number of fused-ring (bicyclic) bond motifs is 2. The number of para-hydroxylation sites is 2. The second-order valence-electron chi connectivity index (χ2n) is 15.8. The van der Waals surface area contributed by atoms with Gasteiger partial charge in [0.15, 0.2) is 0 Å². The molecule has 0 fully saturated rings. The van der Waals surface area contributed by atoms with Gasteiger partial charge in [0.25, 0.3) is 0 Å². The van der Waals surface area contributed by atoms with Crippen LogP contribution in [0.15, 0.2) is 146 Å². The van der Waals surface area contributed by atoms with Crippen molar-refractivity contribution in [3.63, 3.8) is 0 Å². The van der Waals surface area contributed by atoms with Crippen LogP contribution in [-0.2, 0) is 10.8 Å². The van der Waals surface area contributed by atoms with E-state index < -0.39 is 0 Å². The fourth-order valence-electron chi connectivity index (χ4n) is 7.25. The van der Waals surface area contributed by atoms with Crippen LogP contribution >= 0.6 is 0 Å². The van der Waals surface area contributed by atoms with Crippen LogP contribution in [-0.4, -0.2) is 12.3 Å². The lowest BCUT2D eigenvalue weighted by molar-refractivity contribution is 0.536. The van der Waals surface area contributed by atoms with Crippen LogP contribution in [0.5, 0.6) is 0 Å². The molecule has 0 aromatic heterocycles. The van der Waals surface area contributed by atoms with Gasteiger partial charge in [0.1, 0.15) is 0 Å².